The molecule has 5 heteroatoms. The monoisotopic (exact) mass is 727 g/mol. The lowest BCUT2D eigenvalue weighted by atomic mass is 9.81. The predicted octanol–water partition coefficient (Wildman–Crippen LogP) is 13.5. The summed E-state index contributed by atoms with van der Waals surface area (Å²) in [6.07, 6.45) is 0. The number of fused-ring (bicyclic) bond motifs is 10. The fourth-order valence-corrected chi connectivity index (χ4v) is 10.9. The van der Waals surface area contributed by atoms with Crippen molar-refractivity contribution in [3.8, 4) is 50.7 Å². The molecule has 0 atom stereocenters. The van der Waals surface area contributed by atoms with Gasteiger partial charge in [-0.25, -0.2) is 9.97 Å². The maximum atomic E-state index is 5.22. The fourth-order valence-electron chi connectivity index (χ4n) is 8.56. The summed E-state index contributed by atoms with van der Waals surface area (Å²) in [5.74, 6) is 0.715. The van der Waals surface area contributed by atoms with E-state index >= 15 is 0 Å². The van der Waals surface area contributed by atoms with E-state index in [2.05, 4.69) is 158 Å². The summed E-state index contributed by atoms with van der Waals surface area (Å²) < 4.78 is 2.57. The van der Waals surface area contributed by atoms with Crippen LogP contribution in [0.3, 0.4) is 0 Å². The van der Waals surface area contributed by atoms with E-state index in [1.165, 1.54) is 63.6 Å². The first-order valence-electron chi connectivity index (χ1n) is 18.3. The van der Waals surface area contributed by atoms with Crippen molar-refractivity contribution in [2.45, 2.75) is 38.8 Å². The van der Waals surface area contributed by atoms with Crippen LogP contribution in [0.5, 0.6) is 0 Å². The van der Waals surface area contributed by atoms with Crippen molar-refractivity contribution in [2.75, 3.05) is 0 Å². The van der Waals surface area contributed by atoms with Crippen LogP contribution in [-0.2, 0) is 5.41 Å². The highest BCUT2D eigenvalue weighted by Crippen LogP contribution is 2.56. The van der Waals surface area contributed by atoms with Gasteiger partial charge in [-0.3, -0.25) is 0 Å². The molecule has 3 nitrogen and oxygen atoms in total. The average molecular weight is 728 g/mol. The van der Waals surface area contributed by atoms with Gasteiger partial charge in [0.25, 0.3) is 0 Å². The lowest BCUT2D eigenvalue weighted by molar-refractivity contribution is 0.664. The largest absolute Gasteiger partial charge is 0.308 e. The topological polar surface area (TPSA) is 30.7 Å². The Balaban J connectivity index is 1.20. The van der Waals surface area contributed by atoms with Gasteiger partial charge >= 0.3 is 0 Å². The molecule has 1 aliphatic heterocycles. The highest BCUT2D eigenvalue weighted by atomic mass is 32.2. The van der Waals surface area contributed by atoms with Crippen molar-refractivity contribution in [3.63, 3.8) is 0 Å². The number of hydrogen-bond donors (Lipinski definition) is 0. The molecule has 2 aliphatic rings. The summed E-state index contributed by atoms with van der Waals surface area (Å²) in [6.45, 7) is 4.78. The van der Waals surface area contributed by atoms with Crippen LogP contribution in [0, 0.1) is 0 Å². The van der Waals surface area contributed by atoms with Gasteiger partial charge in [-0.05, 0) is 58.7 Å². The maximum absolute atomic E-state index is 5.22. The first kappa shape index (κ1) is 31.6. The molecule has 0 bridgehead atoms. The van der Waals surface area contributed by atoms with Crippen LogP contribution in [0.25, 0.3) is 72.5 Å². The van der Waals surface area contributed by atoms with Crippen LogP contribution >= 0.6 is 23.5 Å². The van der Waals surface area contributed by atoms with Crippen LogP contribution in [0.15, 0.2) is 183 Å². The Morgan fingerprint density at radius 3 is 1.91 bits per heavy atom. The van der Waals surface area contributed by atoms with Crippen molar-refractivity contribution in [1.29, 1.82) is 0 Å². The lowest BCUT2D eigenvalue weighted by Crippen LogP contribution is -2.16. The third-order valence-corrected chi connectivity index (χ3v) is 13.6. The maximum Gasteiger partial charge on any atom is 0.160 e. The van der Waals surface area contributed by atoms with E-state index in [0.29, 0.717) is 5.82 Å². The Kier molecular flexibility index (Phi) is 7.07. The standard InChI is InChI=1S/C49H33N3S2/c1-49(2)38-21-10-9-20-34(38)35-24-25-36-37-26-27-43-47(54-42-23-12-11-22-41(42)53-43)46(37)52(45(36)44(35)49)33-19-13-18-32(28-33)40-29-39(30-14-5-3-6-15-30)50-48(51-40)31-16-7-4-8-17-31/h3-29H,1-2H3. The molecule has 256 valence electrons. The summed E-state index contributed by atoms with van der Waals surface area (Å²) in [5, 5.41) is 2.55. The van der Waals surface area contributed by atoms with Crippen molar-refractivity contribution in [3.05, 3.63) is 175 Å². The molecule has 3 heterocycles. The van der Waals surface area contributed by atoms with E-state index in [1.807, 2.05) is 47.8 Å². The summed E-state index contributed by atoms with van der Waals surface area (Å²) in [5.41, 5.74) is 13.8. The summed E-state index contributed by atoms with van der Waals surface area (Å²) >= 11 is 3.77. The van der Waals surface area contributed by atoms with Crippen LogP contribution in [-0.4, -0.2) is 14.5 Å². The van der Waals surface area contributed by atoms with Gasteiger partial charge in [-0.15, -0.1) is 0 Å². The zero-order valence-corrected chi connectivity index (χ0v) is 31.4. The SMILES string of the molecule is CC1(C)c2ccccc2-c2ccc3c4ccc5c(c4n(-c4cccc(-c6cc(-c7ccccc7)nc(-c7ccccc7)n6)c4)c3c21)Sc1ccccc1S5. The molecule has 0 unspecified atom stereocenters. The normalized spacial score (nSPS) is 13.7. The van der Waals surface area contributed by atoms with E-state index in [9.17, 15) is 0 Å². The van der Waals surface area contributed by atoms with Crippen molar-refractivity contribution < 1.29 is 0 Å². The molecule has 0 N–H and O–H groups in total. The van der Waals surface area contributed by atoms with Gasteiger partial charge in [0.2, 0.25) is 0 Å². The van der Waals surface area contributed by atoms with Crippen LogP contribution in [0.4, 0.5) is 0 Å². The fraction of sp³-hybridized carbons (Fsp3) is 0.0612. The quantitative estimate of drug-likeness (QED) is 0.181. The zero-order chi connectivity index (χ0) is 36.0. The number of benzene rings is 7. The minimum absolute atomic E-state index is 0.189. The van der Waals surface area contributed by atoms with Gasteiger partial charge in [0, 0.05) is 53.3 Å². The van der Waals surface area contributed by atoms with Crippen LogP contribution in [0.1, 0.15) is 25.0 Å². The van der Waals surface area contributed by atoms with E-state index in [1.54, 1.807) is 0 Å². The Morgan fingerprint density at radius 1 is 0.481 bits per heavy atom. The van der Waals surface area contributed by atoms with Gasteiger partial charge in [0.1, 0.15) is 0 Å². The van der Waals surface area contributed by atoms with Gasteiger partial charge in [-0.1, -0.05) is 165 Å². The van der Waals surface area contributed by atoms with Gasteiger partial charge in [0.15, 0.2) is 5.82 Å². The number of nitrogens with zero attached hydrogens (tertiary/aromatic N) is 3. The van der Waals surface area contributed by atoms with Crippen molar-refractivity contribution in [1.82, 2.24) is 14.5 Å². The molecular formula is C49H33N3S2. The zero-order valence-electron chi connectivity index (χ0n) is 29.7. The molecule has 0 fully saturated rings. The summed E-state index contributed by atoms with van der Waals surface area (Å²) in [6, 6.07) is 58.9. The highest BCUT2D eigenvalue weighted by molar-refractivity contribution is 8.05. The lowest BCUT2D eigenvalue weighted by Gasteiger charge is -2.24. The molecular weight excluding hydrogens is 695 g/mol. The van der Waals surface area contributed by atoms with Crippen LogP contribution < -0.4 is 0 Å². The first-order valence-corrected chi connectivity index (χ1v) is 20.0. The number of hydrogen-bond acceptors (Lipinski definition) is 4. The van der Waals surface area contributed by atoms with E-state index < -0.39 is 0 Å². The Bertz CT molecular complexity index is 2910. The van der Waals surface area contributed by atoms with Crippen molar-refractivity contribution in [2.24, 2.45) is 0 Å². The molecule has 1 aliphatic carbocycles. The minimum atomic E-state index is -0.189. The predicted molar refractivity (Wildman–Crippen MR) is 225 cm³/mol. The van der Waals surface area contributed by atoms with E-state index in [0.717, 1.165) is 33.8 Å². The van der Waals surface area contributed by atoms with E-state index in [-0.39, 0.29) is 5.41 Å². The molecule has 0 saturated heterocycles. The summed E-state index contributed by atoms with van der Waals surface area (Å²) in [7, 11) is 0. The number of rotatable bonds is 4. The Labute approximate surface area is 322 Å². The Morgan fingerprint density at radius 2 is 1.11 bits per heavy atom. The first-order chi connectivity index (χ1) is 26.5. The molecule has 0 amide bonds. The summed E-state index contributed by atoms with van der Waals surface area (Å²) in [4.78, 5) is 15.5. The Hall–Kier alpha value is -5.88. The second kappa shape index (κ2) is 12.1. The molecule has 9 aromatic rings. The van der Waals surface area contributed by atoms with E-state index in [4.69, 9.17) is 9.97 Å². The molecule has 0 spiro atoms. The molecule has 0 saturated carbocycles. The third kappa shape index (κ3) is 4.78. The van der Waals surface area contributed by atoms with Crippen molar-refractivity contribution >= 4 is 45.3 Å². The smallest absolute Gasteiger partial charge is 0.160 e. The number of aromatic nitrogens is 3. The van der Waals surface area contributed by atoms with Crippen LogP contribution in [0.2, 0.25) is 0 Å². The molecule has 2 aromatic heterocycles. The second-order valence-corrected chi connectivity index (χ2v) is 16.7. The molecule has 7 aromatic carbocycles. The molecule has 0 radical (unpaired) electrons. The highest BCUT2D eigenvalue weighted by Gasteiger charge is 2.39. The second-order valence-electron chi connectivity index (χ2n) is 14.6. The molecule has 11 rings (SSSR count). The van der Waals surface area contributed by atoms with Gasteiger partial charge in [-0.2, -0.15) is 0 Å². The minimum Gasteiger partial charge on any atom is -0.308 e. The van der Waals surface area contributed by atoms with Gasteiger partial charge in [0.05, 0.1) is 27.3 Å². The molecule has 54 heavy (non-hydrogen) atoms. The third-order valence-electron chi connectivity index (χ3n) is 11.0. The van der Waals surface area contributed by atoms with Gasteiger partial charge < -0.3 is 4.57 Å². The average Bonchev–Trinajstić information content (AvgIpc) is 3.69.